The van der Waals surface area contributed by atoms with E-state index in [1.54, 1.807) is 0 Å². The number of carbonyl (C=O) groups excluding carboxylic acids is 1. The Labute approximate surface area is 110 Å². The van der Waals surface area contributed by atoms with Crippen molar-refractivity contribution in [3.63, 3.8) is 0 Å². The first-order chi connectivity index (χ1) is 8.59. The van der Waals surface area contributed by atoms with Crippen molar-refractivity contribution in [1.82, 2.24) is 10.2 Å². The van der Waals surface area contributed by atoms with E-state index < -0.39 is 0 Å². The normalized spacial score (nSPS) is 37.6. The first-order valence-electron chi connectivity index (χ1n) is 7.22. The van der Waals surface area contributed by atoms with Gasteiger partial charge in [-0.15, -0.1) is 0 Å². The van der Waals surface area contributed by atoms with Gasteiger partial charge in [0, 0.05) is 13.1 Å². The number of hydrogen-bond acceptors (Lipinski definition) is 3. The lowest BCUT2D eigenvalue weighted by Gasteiger charge is -2.44. The first-order valence-corrected chi connectivity index (χ1v) is 7.22. The Kier molecular flexibility index (Phi) is 4.28. The molecule has 0 spiro atoms. The third-order valence-electron chi connectivity index (χ3n) is 4.47. The van der Waals surface area contributed by atoms with Crippen LogP contribution >= 0.6 is 0 Å². The number of morpholine rings is 1. The molecule has 4 heteroatoms. The van der Waals surface area contributed by atoms with Gasteiger partial charge in [-0.2, -0.15) is 0 Å². The molecule has 1 N–H and O–H groups in total. The highest BCUT2D eigenvalue weighted by atomic mass is 16.5. The van der Waals surface area contributed by atoms with Gasteiger partial charge in [-0.1, -0.05) is 6.92 Å². The predicted molar refractivity (Wildman–Crippen MR) is 71.4 cm³/mol. The van der Waals surface area contributed by atoms with Gasteiger partial charge in [0.25, 0.3) is 0 Å². The summed E-state index contributed by atoms with van der Waals surface area (Å²) in [4.78, 5) is 14.9. The predicted octanol–water partition coefficient (Wildman–Crippen LogP) is 1.40. The highest BCUT2D eigenvalue weighted by Gasteiger charge is 2.43. The summed E-state index contributed by atoms with van der Waals surface area (Å²) in [5, 5.41) is 3.39. The van der Waals surface area contributed by atoms with E-state index in [2.05, 4.69) is 19.2 Å². The van der Waals surface area contributed by atoms with Crippen LogP contribution in [0.15, 0.2) is 0 Å². The van der Waals surface area contributed by atoms with Gasteiger partial charge >= 0.3 is 0 Å². The van der Waals surface area contributed by atoms with Crippen LogP contribution in [-0.2, 0) is 9.53 Å². The minimum Gasteiger partial charge on any atom is -0.375 e. The summed E-state index contributed by atoms with van der Waals surface area (Å²) in [5.74, 6) is 0.333. The van der Waals surface area contributed by atoms with Gasteiger partial charge in [0.05, 0.1) is 24.2 Å². The Morgan fingerprint density at radius 3 is 2.89 bits per heavy atom. The van der Waals surface area contributed by atoms with Crippen molar-refractivity contribution in [2.45, 2.75) is 52.2 Å². The van der Waals surface area contributed by atoms with E-state index in [1.807, 2.05) is 11.8 Å². The van der Waals surface area contributed by atoms with Crippen molar-refractivity contribution < 1.29 is 9.53 Å². The molecule has 0 bridgehead atoms. The van der Waals surface area contributed by atoms with E-state index in [0.717, 1.165) is 38.9 Å². The molecule has 2 fully saturated rings. The van der Waals surface area contributed by atoms with Gasteiger partial charge in [0.2, 0.25) is 5.91 Å². The zero-order chi connectivity index (χ0) is 13.2. The molecule has 0 radical (unpaired) electrons. The second-order valence-electron chi connectivity index (χ2n) is 5.86. The van der Waals surface area contributed by atoms with E-state index in [-0.39, 0.29) is 17.6 Å². The summed E-state index contributed by atoms with van der Waals surface area (Å²) in [6.07, 6.45) is 3.22. The highest BCUT2D eigenvalue weighted by Crippen LogP contribution is 2.33. The van der Waals surface area contributed by atoms with Crippen LogP contribution in [0.25, 0.3) is 0 Å². The molecule has 18 heavy (non-hydrogen) atoms. The maximum absolute atomic E-state index is 12.9. The molecule has 3 unspecified atom stereocenters. The standard InChI is InChI=1S/C14H26N2O2/c1-4-14(6-5-7-15-10-14)13(17)16-8-12(3)18-9-11(16)2/h11-12,15H,4-10H2,1-3H3. The Bertz CT molecular complexity index is 300. The van der Waals surface area contributed by atoms with Crippen LogP contribution in [0.5, 0.6) is 0 Å². The van der Waals surface area contributed by atoms with Gasteiger partial charge in [-0.25, -0.2) is 0 Å². The van der Waals surface area contributed by atoms with Crippen molar-refractivity contribution >= 4 is 5.91 Å². The number of carbonyl (C=O) groups is 1. The van der Waals surface area contributed by atoms with E-state index in [4.69, 9.17) is 4.74 Å². The van der Waals surface area contributed by atoms with Gasteiger partial charge < -0.3 is 15.0 Å². The molecule has 2 heterocycles. The van der Waals surface area contributed by atoms with Crippen LogP contribution in [0.4, 0.5) is 0 Å². The molecule has 2 aliphatic heterocycles. The fraction of sp³-hybridized carbons (Fsp3) is 0.929. The molecule has 0 aliphatic carbocycles. The average Bonchev–Trinajstić information content (AvgIpc) is 2.41. The van der Waals surface area contributed by atoms with Crippen LogP contribution < -0.4 is 5.32 Å². The number of ether oxygens (including phenoxy) is 1. The number of amides is 1. The molecule has 4 nitrogen and oxygen atoms in total. The molecular weight excluding hydrogens is 228 g/mol. The zero-order valence-corrected chi connectivity index (χ0v) is 11.9. The highest BCUT2D eigenvalue weighted by molar-refractivity contribution is 5.83. The maximum Gasteiger partial charge on any atom is 0.230 e. The quantitative estimate of drug-likeness (QED) is 0.810. The smallest absolute Gasteiger partial charge is 0.230 e. The third-order valence-corrected chi connectivity index (χ3v) is 4.47. The molecule has 2 rings (SSSR count). The van der Waals surface area contributed by atoms with Gasteiger partial charge in [0.1, 0.15) is 0 Å². The number of rotatable bonds is 2. The van der Waals surface area contributed by atoms with Crippen molar-refractivity contribution in [2.75, 3.05) is 26.2 Å². The third kappa shape index (κ3) is 2.54. The monoisotopic (exact) mass is 254 g/mol. The van der Waals surface area contributed by atoms with E-state index in [0.29, 0.717) is 12.5 Å². The second-order valence-corrected chi connectivity index (χ2v) is 5.86. The lowest BCUT2D eigenvalue weighted by atomic mass is 9.76. The van der Waals surface area contributed by atoms with Crippen LogP contribution in [0, 0.1) is 5.41 Å². The van der Waals surface area contributed by atoms with Crippen molar-refractivity contribution in [3.8, 4) is 0 Å². The fourth-order valence-electron chi connectivity index (χ4n) is 3.09. The van der Waals surface area contributed by atoms with E-state index >= 15 is 0 Å². The summed E-state index contributed by atoms with van der Waals surface area (Å²) in [7, 11) is 0. The van der Waals surface area contributed by atoms with Crippen molar-refractivity contribution in [1.29, 1.82) is 0 Å². The zero-order valence-electron chi connectivity index (χ0n) is 11.9. The number of nitrogens with zero attached hydrogens (tertiary/aromatic N) is 1. The number of nitrogens with one attached hydrogen (secondary N) is 1. The summed E-state index contributed by atoms with van der Waals surface area (Å²) in [6.45, 7) is 9.56. The molecule has 0 aromatic rings. The Morgan fingerprint density at radius 1 is 1.50 bits per heavy atom. The van der Waals surface area contributed by atoms with E-state index in [9.17, 15) is 4.79 Å². The topological polar surface area (TPSA) is 41.6 Å². The van der Waals surface area contributed by atoms with Crippen molar-refractivity contribution in [2.24, 2.45) is 5.41 Å². The molecule has 3 atom stereocenters. The van der Waals surface area contributed by atoms with Gasteiger partial charge in [-0.3, -0.25) is 4.79 Å². The Balaban J connectivity index is 2.12. The van der Waals surface area contributed by atoms with Crippen LogP contribution in [0.2, 0.25) is 0 Å². The average molecular weight is 254 g/mol. The van der Waals surface area contributed by atoms with Crippen LogP contribution in [-0.4, -0.2) is 49.2 Å². The number of piperidine rings is 1. The Morgan fingerprint density at radius 2 is 2.28 bits per heavy atom. The molecule has 2 aliphatic rings. The fourth-order valence-corrected chi connectivity index (χ4v) is 3.09. The molecule has 2 saturated heterocycles. The SMILES string of the molecule is CCC1(C(=O)N2CC(C)OCC2C)CCCNC1. The lowest BCUT2D eigenvalue weighted by molar-refractivity contribution is -0.155. The maximum atomic E-state index is 12.9. The minimum absolute atomic E-state index is 0.163. The minimum atomic E-state index is -0.177. The van der Waals surface area contributed by atoms with Gasteiger partial charge in [-0.05, 0) is 39.7 Å². The largest absolute Gasteiger partial charge is 0.375 e. The molecule has 0 aromatic heterocycles. The van der Waals surface area contributed by atoms with Crippen molar-refractivity contribution in [3.05, 3.63) is 0 Å². The lowest BCUT2D eigenvalue weighted by Crippen LogP contribution is -2.58. The van der Waals surface area contributed by atoms with Crippen LogP contribution in [0.1, 0.15) is 40.0 Å². The van der Waals surface area contributed by atoms with Crippen LogP contribution in [0.3, 0.4) is 0 Å². The summed E-state index contributed by atoms with van der Waals surface area (Å²) in [5.41, 5.74) is -0.177. The summed E-state index contributed by atoms with van der Waals surface area (Å²) >= 11 is 0. The summed E-state index contributed by atoms with van der Waals surface area (Å²) < 4.78 is 5.61. The molecule has 0 aromatic carbocycles. The Hall–Kier alpha value is -0.610. The molecule has 104 valence electrons. The van der Waals surface area contributed by atoms with E-state index in [1.165, 1.54) is 0 Å². The summed E-state index contributed by atoms with van der Waals surface area (Å²) in [6, 6.07) is 0.207. The first kappa shape index (κ1) is 13.8. The van der Waals surface area contributed by atoms with Gasteiger partial charge in [0.15, 0.2) is 0 Å². The second kappa shape index (κ2) is 5.57. The number of hydrogen-bond donors (Lipinski definition) is 1. The molecule has 0 saturated carbocycles. The molecule has 1 amide bonds. The molecular formula is C14H26N2O2.